The highest BCUT2D eigenvalue weighted by Crippen LogP contribution is 2.36. The third kappa shape index (κ3) is 5.15. The largest absolute Gasteiger partial charge is 0.493 e. The minimum atomic E-state index is -0.327. The number of amides is 2. The molecule has 1 saturated heterocycles. The summed E-state index contributed by atoms with van der Waals surface area (Å²) < 4.78 is 25.0. The molecule has 2 amide bonds. The van der Waals surface area contributed by atoms with Gasteiger partial charge in [0.1, 0.15) is 12.4 Å². The van der Waals surface area contributed by atoms with Gasteiger partial charge in [-0.2, -0.15) is 0 Å². The summed E-state index contributed by atoms with van der Waals surface area (Å²) in [6.07, 6.45) is 7.43. The Labute approximate surface area is 191 Å². The van der Waals surface area contributed by atoms with Crippen LogP contribution in [0.2, 0.25) is 0 Å². The molecule has 2 aromatic rings. The molecule has 4 rings (SSSR count). The van der Waals surface area contributed by atoms with Crippen molar-refractivity contribution < 1.29 is 23.5 Å². The van der Waals surface area contributed by atoms with Crippen molar-refractivity contribution in [2.75, 3.05) is 13.7 Å². The van der Waals surface area contributed by atoms with Crippen molar-refractivity contribution in [2.45, 2.75) is 38.7 Å². The number of ether oxygens (including phenoxy) is 2. The Morgan fingerprint density at radius 3 is 2.62 bits per heavy atom. The van der Waals surface area contributed by atoms with Crippen LogP contribution in [0.5, 0.6) is 11.5 Å². The van der Waals surface area contributed by atoms with E-state index >= 15 is 0 Å². The van der Waals surface area contributed by atoms with Gasteiger partial charge < -0.3 is 9.47 Å². The SMILES string of the molecule is COc1cc(/C=C2/SC(=O)N(CC3CCCCC3)C2=O)ccc1OCc1ccccc1F. The first-order chi connectivity index (χ1) is 15.5. The van der Waals surface area contributed by atoms with Crippen molar-refractivity contribution in [3.63, 3.8) is 0 Å². The van der Waals surface area contributed by atoms with Gasteiger partial charge in [-0.3, -0.25) is 14.5 Å². The van der Waals surface area contributed by atoms with Crippen LogP contribution < -0.4 is 9.47 Å². The second-order valence-electron chi connectivity index (χ2n) is 8.09. The van der Waals surface area contributed by atoms with E-state index < -0.39 is 0 Å². The summed E-state index contributed by atoms with van der Waals surface area (Å²) in [7, 11) is 1.52. The number of rotatable bonds is 7. The van der Waals surface area contributed by atoms with Gasteiger partial charge in [-0.1, -0.05) is 43.5 Å². The standard InChI is InChI=1S/C25H26FNO4S/c1-30-22-13-18(11-12-21(22)31-16-19-9-5-6-10-20(19)26)14-23-24(28)27(25(29)32-23)15-17-7-3-2-4-8-17/h5-6,9-14,17H,2-4,7-8,15-16H2,1H3/b23-14+. The maximum Gasteiger partial charge on any atom is 0.293 e. The maximum atomic E-state index is 13.8. The molecule has 5 nitrogen and oxygen atoms in total. The summed E-state index contributed by atoms with van der Waals surface area (Å²) in [4.78, 5) is 27.1. The van der Waals surface area contributed by atoms with Crippen molar-refractivity contribution in [1.82, 2.24) is 4.90 Å². The van der Waals surface area contributed by atoms with E-state index in [9.17, 15) is 14.0 Å². The normalized spacial score (nSPS) is 18.4. The summed E-state index contributed by atoms with van der Waals surface area (Å²) in [5.74, 6) is 0.786. The summed E-state index contributed by atoms with van der Waals surface area (Å²) in [5.41, 5.74) is 1.17. The molecular formula is C25H26FNO4S. The van der Waals surface area contributed by atoms with Crippen LogP contribution in [0.25, 0.3) is 6.08 Å². The Balaban J connectivity index is 1.45. The average molecular weight is 456 g/mol. The topological polar surface area (TPSA) is 55.8 Å². The van der Waals surface area contributed by atoms with Crippen LogP contribution in [0.4, 0.5) is 9.18 Å². The van der Waals surface area contributed by atoms with Gasteiger partial charge in [-0.05, 0) is 60.4 Å². The second kappa shape index (κ2) is 10.2. The number of thioether (sulfide) groups is 1. The molecule has 0 spiro atoms. The zero-order chi connectivity index (χ0) is 22.5. The van der Waals surface area contributed by atoms with Crippen molar-refractivity contribution in [2.24, 2.45) is 5.92 Å². The number of halogens is 1. The number of carbonyl (C=O) groups is 2. The molecule has 32 heavy (non-hydrogen) atoms. The molecule has 2 aromatic carbocycles. The van der Waals surface area contributed by atoms with Gasteiger partial charge in [0.05, 0.1) is 12.0 Å². The molecule has 1 heterocycles. The number of nitrogens with zero attached hydrogens (tertiary/aromatic N) is 1. The van der Waals surface area contributed by atoms with E-state index in [0.717, 1.165) is 30.2 Å². The smallest absolute Gasteiger partial charge is 0.293 e. The molecule has 2 fully saturated rings. The van der Waals surface area contributed by atoms with Crippen molar-refractivity contribution >= 4 is 29.0 Å². The van der Waals surface area contributed by atoms with Gasteiger partial charge in [0.2, 0.25) is 0 Å². The number of hydrogen-bond acceptors (Lipinski definition) is 5. The lowest BCUT2D eigenvalue weighted by atomic mass is 9.89. The molecule has 1 aliphatic heterocycles. The molecule has 0 atom stereocenters. The fourth-order valence-corrected chi connectivity index (χ4v) is 4.95. The van der Waals surface area contributed by atoms with Crippen LogP contribution in [0.3, 0.4) is 0 Å². The lowest BCUT2D eigenvalue weighted by Gasteiger charge is -2.25. The first-order valence-electron chi connectivity index (χ1n) is 10.8. The first-order valence-corrected chi connectivity index (χ1v) is 11.7. The van der Waals surface area contributed by atoms with E-state index in [2.05, 4.69) is 0 Å². The highest BCUT2D eigenvalue weighted by molar-refractivity contribution is 8.18. The van der Waals surface area contributed by atoms with E-state index in [0.29, 0.717) is 34.4 Å². The number of benzene rings is 2. The van der Waals surface area contributed by atoms with Crippen LogP contribution >= 0.6 is 11.8 Å². The van der Waals surface area contributed by atoms with E-state index in [-0.39, 0.29) is 23.6 Å². The monoisotopic (exact) mass is 455 g/mol. The molecule has 0 N–H and O–H groups in total. The van der Waals surface area contributed by atoms with Crippen LogP contribution in [-0.4, -0.2) is 29.7 Å². The quantitative estimate of drug-likeness (QED) is 0.477. The fourth-order valence-electron chi connectivity index (χ4n) is 4.10. The average Bonchev–Trinajstić information content (AvgIpc) is 3.07. The molecule has 0 radical (unpaired) electrons. The molecule has 0 unspecified atom stereocenters. The summed E-state index contributed by atoms with van der Waals surface area (Å²) in [6.45, 7) is 0.580. The molecule has 1 saturated carbocycles. The lowest BCUT2D eigenvalue weighted by Crippen LogP contribution is -2.34. The minimum absolute atomic E-state index is 0.0719. The molecule has 2 aliphatic rings. The predicted molar refractivity (Wildman–Crippen MR) is 123 cm³/mol. The van der Waals surface area contributed by atoms with E-state index in [4.69, 9.17) is 9.47 Å². The Kier molecular flexibility index (Phi) is 7.15. The Morgan fingerprint density at radius 1 is 1.09 bits per heavy atom. The Morgan fingerprint density at radius 2 is 1.88 bits per heavy atom. The van der Waals surface area contributed by atoms with Gasteiger partial charge in [0, 0.05) is 12.1 Å². The fraction of sp³-hybridized carbons (Fsp3) is 0.360. The van der Waals surface area contributed by atoms with E-state index in [1.54, 1.807) is 42.5 Å². The van der Waals surface area contributed by atoms with Gasteiger partial charge in [-0.15, -0.1) is 0 Å². The van der Waals surface area contributed by atoms with Crippen molar-refractivity contribution in [3.8, 4) is 11.5 Å². The van der Waals surface area contributed by atoms with Gasteiger partial charge >= 0.3 is 0 Å². The molecule has 0 bridgehead atoms. The highest BCUT2D eigenvalue weighted by Gasteiger charge is 2.36. The summed E-state index contributed by atoms with van der Waals surface area (Å²) in [6, 6.07) is 11.7. The van der Waals surface area contributed by atoms with E-state index in [1.807, 2.05) is 0 Å². The molecule has 1 aliphatic carbocycles. The third-order valence-corrected chi connectivity index (χ3v) is 6.77. The first kappa shape index (κ1) is 22.4. The number of imide groups is 1. The van der Waals surface area contributed by atoms with Crippen molar-refractivity contribution in [1.29, 1.82) is 0 Å². The number of carbonyl (C=O) groups excluding carboxylic acids is 2. The molecular weight excluding hydrogens is 429 g/mol. The lowest BCUT2D eigenvalue weighted by molar-refractivity contribution is -0.123. The van der Waals surface area contributed by atoms with Gasteiger partial charge in [-0.25, -0.2) is 4.39 Å². The van der Waals surface area contributed by atoms with Crippen LogP contribution in [0.15, 0.2) is 47.4 Å². The van der Waals surface area contributed by atoms with Crippen LogP contribution in [0.1, 0.15) is 43.2 Å². The van der Waals surface area contributed by atoms with Crippen LogP contribution in [-0.2, 0) is 11.4 Å². The second-order valence-corrected chi connectivity index (χ2v) is 9.08. The van der Waals surface area contributed by atoms with Crippen molar-refractivity contribution in [3.05, 3.63) is 64.3 Å². The highest BCUT2D eigenvalue weighted by atomic mass is 32.2. The zero-order valence-corrected chi connectivity index (χ0v) is 18.8. The molecule has 168 valence electrons. The summed E-state index contributed by atoms with van der Waals surface area (Å²) in [5, 5.41) is -0.205. The number of hydrogen-bond donors (Lipinski definition) is 0. The van der Waals surface area contributed by atoms with Crippen LogP contribution in [0, 0.1) is 11.7 Å². The summed E-state index contributed by atoms with van der Waals surface area (Å²) >= 11 is 0.977. The van der Waals surface area contributed by atoms with Gasteiger partial charge in [0.25, 0.3) is 11.1 Å². The van der Waals surface area contributed by atoms with E-state index in [1.165, 1.54) is 37.3 Å². The zero-order valence-electron chi connectivity index (χ0n) is 18.0. The Bertz CT molecular complexity index is 1030. The molecule has 7 heteroatoms. The minimum Gasteiger partial charge on any atom is -0.493 e. The predicted octanol–water partition coefficient (Wildman–Crippen LogP) is 6.03. The van der Waals surface area contributed by atoms with Gasteiger partial charge in [0.15, 0.2) is 11.5 Å². The Hall–Kier alpha value is -2.80. The number of methoxy groups -OCH3 is 1. The molecule has 0 aromatic heterocycles. The maximum absolute atomic E-state index is 13.8. The third-order valence-electron chi connectivity index (χ3n) is 5.87.